The molecule has 2 aromatic rings. The number of carbonyl (C=O) groups excluding carboxylic acids is 2. The highest BCUT2D eigenvalue weighted by molar-refractivity contribution is 5.97. The molecule has 1 aromatic carbocycles. The number of carbonyl (C=O) groups is 2. The lowest BCUT2D eigenvalue weighted by Gasteiger charge is -2.15. The zero-order valence-corrected chi connectivity index (χ0v) is 13.1. The Morgan fingerprint density at radius 1 is 1.22 bits per heavy atom. The van der Waals surface area contributed by atoms with E-state index in [0.717, 1.165) is 30.0 Å². The highest BCUT2D eigenvalue weighted by atomic mass is 16.2. The Morgan fingerprint density at radius 2 is 2.00 bits per heavy atom. The van der Waals surface area contributed by atoms with E-state index < -0.39 is 0 Å². The molecule has 2 amide bonds. The predicted molar refractivity (Wildman–Crippen MR) is 88.2 cm³/mol. The van der Waals surface area contributed by atoms with E-state index in [-0.39, 0.29) is 11.8 Å². The first-order chi connectivity index (χ1) is 11.1. The van der Waals surface area contributed by atoms with Crippen LogP contribution < -0.4 is 10.2 Å². The summed E-state index contributed by atoms with van der Waals surface area (Å²) in [5, 5.41) is 2.86. The first-order valence-electron chi connectivity index (χ1n) is 7.74. The summed E-state index contributed by atoms with van der Waals surface area (Å²) in [6, 6.07) is 12.9. The summed E-state index contributed by atoms with van der Waals surface area (Å²) in [6.45, 7) is 3.07. The molecule has 1 aliphatic heterocycles. The highest BCUT2D eigenvalue weighted by Gasteiger charge is 2.21. The molecule has 1 aromatic heterocycles. The summed E-state index contributed by atoms with van der Waals surface area (Å²) < 4.78 is 0. The third kappa shape index (κ3) is 3.56. The number of hydrogen-bond acceptors (Lipinski definition) is 3. The first-order valence-corrected chi connectivity index (χ1v) is 7.74. The molecule has 0 aliphatic carbocycles. The van der Waals surface area contributed by atoms with Crippen molar-refractivity contribution >= 4 is 17.5 Å². The molecule has 5 heteroatoms. The largest absolute Gasteiger partial charge is 0.346 e. The summed E-state index contributed by atoms with van der Waals surface area (Å²) in [4.78, 5) is 30.0. The molecule has 1 fully saturated rings. The van der Waals surface area contributed by atoms with E-state index in [1.807, 2.05) is 37.3 Å². The standard InChI is InChI=1S/C18H19N3O2/c1-13-4-2-5-15(20-13)12-19-18(23)14-7-9-16(10-8-14)21-11-3-6-17(21)22/h2,4-5,7-10H,3,6,11-12H2,1H3,(H,19,23). The van der Waals surface area contributed by atoms with Crippen LogP contribution in [0.5, 0.6) is 0 Å². The molecule has 3 rings (SSSR count). The number of aryl methyl sites for hydroxylation is 1. The van der Waals surface area contributed by atoms with E-state index in [1.165, 1.54) is 0 Å². The Morgan fingerprint density at radius 3 is 2.65 bits per heavy atom. The van der Waals surface area contributed by atoms with Crippen molar-refractivity contribution in [2.45, 2.75) is 26.3 Å². The minimum absolute atomic E-state index is 0.146. The van der Waals surface area contributed by atoms with Gasteiger partial charge in [0.25, 0.3) is 5.91 Å². The highest BCUT2D eigenvalue weighted by Crippen LogP contribution is 2.21. The smallest absolute Gasteiger partial charge is 0.251 e. The van der Waals surface area contributed by atoms with Crippen LogP contribution in [0.2, 0.25) is 0 Å². The van der Waals surface area contributed by atoms with Gasteiger partial charge in [-0.15, -0.1) is 0 Å². The van der Waals surface area contributed by atoms with Crippen LogP contribution >= 0.6 is 0 Å². The summed E-state index contributed by atoms with van der Waals surface area (Å²) >= 11 is 0. The number of rotatable bonds is 4. The van der Waals surface area contributed by atoms with Crippen LogP contribution in [-0.2, 0) is 11.3 Å². The average Bonchev–Trinajstić information content (AvgIpc) is 2.99. The van der Waals surface area contributed by atoms with Crippen molar-refractivity contribution in [2.24, 2.45) is 0 Å². The molecule has 1 N–H and O–H groups in total. The van der Waals surface area contributed by atoms with E-state index in [1.54, 1.807) is 17.0 Å². The van der Waals surface area contributed by atoms with Crippen molar-refractivity contribution in [1.82, 2.24) is 10.3 Å². The number of amides is 2. The van der Waals surface area contributed by atoms with E-state index in [0.29, 0.717) is 18.5 Å². The van der Waals surface area contributed by atoms with Gasteiger partial charge < -0.3 is 10.2 Å². The number of aromatic nitrogens is 1. The zero-order chi connectivity index (χ0) is 16.2. The second-order valence-electron chi connectivity index (χ2n) is 5.65. The molecule has 1 aliphatic rings. The second-order valence-corrected chi connectivity index (χ2v) is 5.65. The monoisotopic (exact) mass is 309 g/mol. The normalized spacial score (nSPS) is 14.1. The Hall–Kier alpha value is -2.69. The molecule has 0 unspecified atom stereocenters. The maximum atomic E-state index is 12.2. The van der Waals surface area contributed by atoms with Crippen LogP contribution in [0.1, 0.15) is 34.6 Å². The predicted octanol–water partition coefficient (Wildman–Crippen LogP) is 2.45. The van der Waals surface area contributed by atoms with Crippen LogP contribution in [0.4, 0.5) is 5.69 Å². The molecular formula is C18H19N3O2. The van der Waals surface area contributed by atoms with Crippen LogP contribution in [-0.4, -0.2) is 23.3 Å². The van der Waals surface area contributed by atoms with Gasteiger partial charge in [-0.1, -0.05) is 6.07 Å². The Kier molecular flexibility index (Phi) is 4.37. The lowest BCUT2D eigenvalue weighted by molar-refractivity contribution is -0.117. The average molecular weight is 309 g/mol. The van der Waals surface area contributed by atoms with E-state index in [4.69, 9.17) is 0 Å². The number of nitrogens with one attached hydrogen (secondary N) is 1. The Balaban J connectivity index is 1.62. The number of nitrogens with zero attached hydrogens (tertiary/aromatic N) is 2. The molecule has 0 atom stereocenters. The van der Waals surface area contributed by atoms with Crippen molar-refractivity contribution in [2.75, 3.05) is 11.4 Å². The summed E-state index contributed by atoms with van der Waals surface area (Å²) in [6.07, 6.45) is 1.50. The van der Waals surface area contributed by atoms with Crippen molar-refractivity contribution in [3.63, 3.8) is 0 Å². The van der Waals surface area contributed by atoms with E-state index in [2.05, 4.69) is 10.3 Å². The van der Waals surface area contributed by atoms with E-state index >= 15 is 0 Å². The van der Waals surface area contributed by atoms with Crippen LogP contribution in [0.25, 0.3) is 0 Å². The van der Waals surface area contributed by atoms with Crippen LogP contribution in [0, 0.1) is 6.92 Å². The van der Waals surface area contributed by atoms with Crippen molar-refractivity contribution in [3.8, 4) is 0 Å². The summed E-state index contributed by atoms with van der Waals surface area (Å²) in [5.41, 5.74) is 3.19. The van der Waals surface area contributed by atoms with Gasteiger partial charge in [-0.05, 0) is 49.7 Å². The molecule has 0 saturated carbocycles. The third-order valence-corrected chi connectivity index (χ3v) is 3.89. The molecule has 23 heavy (non-hydrogen) atoms. The summed E-state index contributed by atoms with van der Waals surface area (Å²) in [7, 11) is 0. The zero-order valence-electron chi connectivity index (χ0n) is 13.1. The fraction of sp³-hybridized carbons (Fsp3) is 0.278. The van der Waals surface area contributed by atoms with Gasteiger partial charge in [0.1, 0.15) is 0 Å². The van der Waals surface area contributed by atoms with Gasteiger partial charge in [-0.2, -0.15) is 0 Å². The molecular weight excluding hydrogens is 290 g/mol. The molecule has 0 bridgehead atoms. The Bertz CT molecular complexity index is 725. The maximum Gasteiger partial charge on any atom is 0.251 e. The maximum absolute atomic E-state index is 12.2. The molecule has 5 nitrogen and oxygen atoms in total. The molecule has 0 radical (unpaired) electrons. The van der Waals surface area contributed by atoms with Gasteiger partial charge in [0, 0.05) is 29.9 Å². The minimum atomic E-state index is -0.146. The summed E-state index contributed by atoms with van der Waals surface area (Å²) in [5.74, 6) is 0.000304. The lowest BCUT2D eigenvalue weighted by atomic mass is 10.2. The molecule has 1 saturated heterocycles. The van der Waals surface area contributed by atoms with Gasteiger partial charge in [-0.25, -0.2) is 0 Å². The quantitative estimate of drug-likeness (QED) is 0.943. The third-order valence-electron chi connectivity index (χ3n) is 3.89. The SMILES string of the molecule is Cc1cccc(CNC(=O)c2ccc(N3CCCC3=O)cc2)n1. The van der Waals surface area contributed by atoms with Crippen LogP contribution in [0.15, 0.2) is 42.5 Å². The van der Waals surface area contributed by atoms with Crippen molar-refractivity contribution < 1.29 is 9.59 Å². The van der Waals surface area contributed by atoms with Gasteiger partial charge >= 0.3 is 0 Å². The second kappa shape index (κ2) is 6.60. The topological polar surface area (TPSA) is 62.3 Å². The van der Waals surface area contributed by atoms with Gasteiger partial charge in [-0.3, -0.25) is 14.6 Å². The van der Waals surface area contributed by atoms with Crippen molar-refractivity contribution in [1.29, 1.82) is 0 Å². The minimum Gasteiger partial charge on any atom is -0.346 e. The fourth-order valence-electron chi connectivity index (χ4n) is 2.68. The van der Waals surface area contributed by atoms with Crippen LogP contribution in [0.3, 0.4) is 0 Å². The fourth-order valence-corrected chi connectivity index (χ4v) is 2.68. The molecule has 2 heterocycles. The lowest BCUT2D eigenvalue weighted by Crippen LogP contribution is -2.25. The first kappa shape index (κ1) is 15.2. The molecule has 0 spiro atoms. The van der Waals surface area contributed by atoms with Gasteiger partial charge in [0.2, 0.25) is 5.91 Å². The van der Waals surface area contributed by atoms with Crippen molar-refractivity contribution in [3.05, 3.63) is 59.4 Å². The number of hydrogen-bond donors (Lipinski definition) is 1. The van der Waals surface area contributed by atoms with Gasteiger partial charge in [0.15, 0.2) is 0 Å². The van der Waals surface area contributed by atoms with Gasteiger partial charge in [0.05, 0.1) is 12.2 Å². The molecule has 118 valence electrons. The Labute approximate surface area is 135 Å². The number of benzene rings is 1. The number of anilines is 1. The number of pyridine rings is 1. The van der Waals surface area contributed by atoms with E-state index in [9.17, 15) is 9.59 Å².